The maximum absolute atomic E-state index is 13.0. The molecule has 0 heterocycles. The van der Waals surface area contributed by atoms with Gasteiger partial charge >= 0.3 is 0 Å². The van der Waals surface area contributed by atoms with Crippen molar-refractivity contribution in [2.75, 3.05) is 0 Å². The Balaban J connectivity index is 1.53. The van der Waals surface area contributed by atoms with Crippen molar-refractivity contribution in [2.24, 2.45) is 16.7 Å². The summed E-state index contributed by atoms with van der Waals surface area (Å²) in [6, 6.07) is 6.96. The topological polar surface area (TPSA) is 12.0 Å². The SMILES string of the molecule is C[C@]12CC3CC(NCc4ccc(F)cc4)(C1)C[C@@](C)(C3)C2. The molecule has 0 aliphatic heterocycles. The second-order valence-corrected chi connectivity index (χ2v) is 8.89. The van der Waals surface area contributed by atoms with E-state index in [-0.39, 0.29) is 5.82 Å². The first-order valence-electron chi connectivity index (χ1n) is 8.37. The number of halogens is 1. The molecule has 1 nitrogen and oxygen atoms in total. The summed E-state index contributed by atoms with van der Waals surface area (Å²) in [5.74, 6) is 0.769. The van der Waals surface area contributed by atoms with Crippen molar-refractivity contribution in [2.45, 2.75) is 64.5 Å². The van der Waals surface area contributed by atoms with Crippen molar-refractivity contribution in [3.63, 3.8) is 0 Å². The fraction of sp³-hybridized carbons (Fsp3) is 0.684. The van der Waals surface area contributed by atoms with Gasteiger partial charge in [0.05, 0.1) is 0 Å². The second kappa shape index (κ2) is 4.32. The summed E-state index contributed by atoms with van der Waals surface area (Å²) in [7, 11) is 0. The molecule has 0 amide bonds. The van der Waals surface area contributed by atoms with Crippen LogP contribution in [0, 0.1) is 22.6 Å². The second-order valence-electron chi connectivity index (χ2n) is 8.89. The van der Waals surface area contributed by atoms with Crippen LogP contribution < -0.4 is 5.32 Å². The van der Waals surface area contributed by atoms with E-state index in [2.05, 4.69) is 19.2 Å². The number of rotatable bonds is 3. The Morgan fingerprint density at radius 3 is 2.19 bits per heavy atom. The van der Waals surface area contributed by atoms with Crippen LogP contribution in [0.5, 0.6) is 0 Å². The van der Waals surface area contributed by atoms with Crippen LogP contribution in [0.4, 0.5) is 4.39 Å². The van der Waals surface area contributed by atoms with Crippen LogP contribution in [0.25, 0.3) is 0 Å². The summed E-state index contributed by atoms with van der Waals surface area (Å²) in [4.78, 5) is 0. The van der Waals surface area contributed by atoms with Gasteiger partial charge < -0.3 is 5.32 Å². The van der Waals surface area contributed by atoms with Crippen molar-refractivity contribution < 1.29 is 4.39 Å². The molecular weight excluding hydrogens is 261 g/mol. The number of hydrogen-bond acceptors (Lipinski definition) is 1. The van der Waals surface area contributed by atoms with Gasteiger partial charge in [-0.1, -0.05) is 26.0 Å². The minimum absolute atomic E-state index is 0.145. The van der Waals surface area contributed by atoms with E-state index in [9.17, 15) is 4.39 Å². The van der Waals surface area contributed by atoms with Gasteiger partial charge in [-0.05, 0) is 73.0 Å². The number of benzene rings is 1. The van der Waals surface area contributed by atoms with Gasteiger partial charge in [0.2, 0.25) is 0 Å². The summed E-state index contributed by atoms with van der Waals surface area (Å²) < 4.78 is 13.0. The van der Waals surface area contributed by atoms with Crippen molar-refractivity contribution >= 4 is 0 Å². The zero-order valence-electron chi connectivity index (χ0n) is 13.2. The van der Waals surface area contributed by atoms with Gasteiger partial charge in [0.25, 0.3) is 0 Å². The standard InChI is InChI=1S/C19H26FN/c1-17-7-15-8-18(2,11-17)13-19(9-15,12-17)21-10-14-3-5-16(20)6-4-14/h3-6,15,21H,7-13H2,1-2H3/t15?,17-,18+,19?. The van der Waals surface area contributed by atoms with Crippen LogP contribution in [0.15, 0.2) is 24.3 Å². The summed E-state index contributed by atoms with van der Waals surface area (Å²) in [6.45, 7) is 5.88. The molecule has 1 aromatic carbocycles. The van der Waals surface area contributed by atoms with Crippen molar-refractivity contribution in [1.29, 1.82) is 0 Å². The van der Waals surface area contributed by atoms with Gasteiger partial charge in [-0.2, -0.15) is 0 Å². The maximum atomic E-state index is 13.0. The molecule has 114 valence electrons. The summed E-state index contributed by atoms with van der Waals surface area (Å²) >= 11 is 0. The molecule has 2 unspecified atom stereocenters. The highest BCUT2D eigenvalue weighted by atomic mass is 19.1. The molecule has 0 saturated heterocycles. The average molecular weight is 287 g/mol. The molecule has 4 atom stereocenters. The summed E-state index contributed by atoms with van der Waals surface area (Å²) in [6.07, 6.45) is 8.28. The van der Waals surface area contributed by atoms with E-state index in [0.717, 1.165) is 12.5 Å². The Kier molecular flexibility index (Phi) is 2.83. The predicted molar refractivity (Wildman–Crippen MR) is 83.4 cm³/mol. The average Bonchev–Trinajstić information content (AvgIpc) is 2.34. The lowest BCUT2D eigenvalue weighted by atomic mass is 9.43. The van der Waals surface area contributed by atoms with E-state index in [1.807, 2.05) is 12.1 Å². The third kappa shape index (κ3) is 2.42. The first kappa shape index (κ1) is 13.8. The van der Waals surface area contributed by atoms with Gasteiger partial charge in [0.15, 0.2) is 0 Å². The molecule has 1 N–H and O–H groups in total. The van der Waals surface area contributed by atoms with E-state index >= 15 is 0 Å². The Hall–Kier alpha value is -0.890. The molecule has 4 aliphatic rings. The van der Waals surface area contributed by atoms with Gasteiger partial charge in [-0.3, -0.25) is 0 Å². The molecule has 4 saturated carbocycles. The van der Waals surface area contributed by atoms with Gasteiger partial charge in [0, 0.05) is 12.1 Å². The van der Waals surface area contributed by atoms with Crippen LogP contribution in [-0.4, -0.2) is 5.54 Å². The molecule has 0 aromatic heterocycles. The zero-order chi connectivity index (χ0) is 14.7. The lowest BCUT2D eigenvalue weighted by Gasteiger charge is -2.65. The minimum atomic E-state index is -0.145. The zero-order valence-corrected chi connectivity index (χ0v) is 13.2. The molecule has 2 heteroatoms. The largest absolute Gasteiger partial charge is 0.307 e. The van der Waals surface area contributed by atoms with E-state index in [1.165, 1.54) is 44.1 Å². The van der Waals surface area contributed by atoms with Crippen LogP contribution >= 0.6 is 0 Å². The highest BCUT2D eigenvalue weighted by Crippen LogP contribution is 2.66. The normalized spacial score (nSPS) is 44.2. The Bertz CT molecular complexity index is 531. The van der Waals surface area contributed by atoms with E-state index in [0.29, 0.717) is 16.4 Å². The Morgan fingerprint density at radius 2 is 1.62 bits per heavy atom. The minimum Gasteiger partial charge on any atom is -0.307 e. The van der Waals surface area contributed by atoms with Crippen molar-refractivity contribution in [1.82, 2.24) is 5.32 Å². The summed E-state index contributed by atoms with van der Waals surface area (Å²) in [5.41, 5.74) is 2.62. The molecule has 1 aromatic rings. The highest BCUT2D eigenvalue weighted by molar-refractivity contribution is 5.18. The Labute approximate surface area is 127 Å². The highest BCUT2D eigenvalue weighted by Gasteiger charge is 2.59. The summed E-state index contributed by atoms with van der Waals surface area (Å²) in [5, 5.41) is 3.89. The van der Waals surface area contributed by atoms with Crippen LogP contribution in [-0.2, 0) is 6.54 Å². The first-order chi connectivity index (χ1) is 9.88. The third-order valence-electron chi connectivity index (χ3n) is 6.21. The van der Waals surface area contributed by atoms with Gasteiger partial charge in [-0.15, -0.1) is 0 Å². The monoisotopic (exact) mass is 287 g/mol. The number of nitrogens with one attached hydrogen (secondary N) is 1. The molecular formula is C19H26FN. The molecule has 4 fully saturated rings. The third-order valence-corrected chi connectivity index (χ3v) is 6.21. The van der Waals surface area contributed by atoms with E-state index in [4.69, 9.17) is 0 Å². The maximum Gasteiger partial charge on any atom is 0.123 e. The fourth-order valence-corrected chi connectivity index (χ4v) is 6.54. The smallest absolute Gasteiger partial charge is 0.123 e. The molecule has 5 rings (SSSR count). The van der Waals surface area contributed by atoms with Gasteiger partial charge in [-0.25, -0.2) is 4.39 Å². The van der Waals surface area contributed by atoms with Crippen molar-refractivity contribution in [3.05, 3.63) is 35.6 Å². The number of hydrogen-bond donors (Lipinski definition) is 1. The van der Waals surface area contributed by atoms with E-state index < -0.39 is 0 Å². The van der Waals surface area contributed by atoms with Crippen LogP contribution in [0.3, 0.4) is 0 Å². The predicted octanol–water partition coefficient (Wildman–Crippen LogP) is 4.66. The lowest BCUT2D eigenvalue weighted by Crippen LogP contribution is -2.63. The fourth-order valence-electron chi connectivity index (χ4n) is 6.54. The van der Waals surface area contributed by atoms with Gasteiger partial charge in [0.1, 0.15) is 5.82 Å². The molecule has 0 spiro atoms. The molecule has 4 aliphatic carbocycles. The quantitative estimate of drug-likeness (QED) is 0.852. The van der Waals surface area contributed by atoms with Crippen LogP contribution in [0.1, 0.15) is 57.9 Å². The van der Waals surface area contributed by atoms with E-state index in [1.54, 1.807) is 12.1 Å². The molecule has 21 heavy (non-hydrogen) atoms. The van der Waals surface area contributed by atoms with Crippen LogP contribution in [0.2, 0.25) is 0 Å². The van der Waals surface area contributed by atoms with Crippen molar-refractivity contribution in [3.8, 4) is 0 Å². The molecule has 0 radical (unpaired) electrons. The Morgan fingerprint density at radius 1 is 1.00 bits per heavy atom. The lowest BCUT2D eigenvalue weighted by molar-refractivity contribution is -0.118. The molecule has 4 bridgehead atoms. The first-order valence-corrected chi connectivity index (χ1v) is 8.37.